The minimum atomic E-state index is -0.336. The van der Waals surface area contributed by atoms with E-state index in [4.69, 9.17) is 20.8 Å². The van der Waals surface area contributed by atoms with Crippen molar-refractivity contribution in [1.82, 2.24) is 20.6 Å². The quantitative estimate of drug-likeness (QED) is 0.219. The van der Waals surface area contributed by atoms with E-state index in [9.17, 15) is 9.59 Å². The molecule has 35 heavy (non-hydrogen) atoms. The van der Waals surface area contributed by atoms with Crippen LogP contribution in [0.15, 0.2) is 51.7 Å². The predicted molar refractivity (Wildman–Crippen MR) is 134 cm³/mol. The second kappa shape index (κ2) is 11.6. The van der Waals surface area contributed by atoms with Crippen molar-refractivity contribution < 1.29 is 13.9 Å². The summed E-state index contributed by atoms with van der Waals surface area (Å²) in [5, 5.41) is 16.6. The minimum Gasteiger partial charge on any atom is -0.494 e. The molecule has 2 N–H and O–H groups in total. The number of fused-ring (bicyclic) bond motifs is 1. The number of halogens is 1. The van der Waals surface area contributed by atoms with E-state index in [1.165, 1.54) is 6.07 Å². The fourth-order valence-corrected chi connectivity index (χ4v) is 3.88. The summed E-state index contributed by atoms with van der Waals surface area (Å²) in [6.45, 7) is 2.47. The zero-order chi connectivity index (χ0) is 24.6. The zero-order valence-electron chi connectivity index (χ0n) is 19.3. The summed E-state index contributed by atoms with van der Waals surface area (Å²) in [6.07, 6.45) is 5.43. The van der Waals surface area contributed by atoms with Crippen molar-refractivity contribution in [2.24, 2.45) is 0 Å². The normalized spacial score (nSPS) is 11.0. The Morgan fingerprint density at radius 2 is 1.86 bits per heavy atom. The maximum atomic E-state index is 12.9. The summed E-state index contributed by atoms with van der Waals surface area (Å²) in [5.41, 5.74) is 1.61. The zero-order valence-corrected chi connectivity index (χ0v) is 20.1. The number of unbranched alkanes of at least 4 members (excludes halogenated alkanes) is 4. The van der Waals surface area contributed by atoms with Gasteiger partial charge < -0.3 is 14.5 Å². The van der Waals surface area contributed by atoms with E-state index in [2.05, 4.69) is 25.9 Å². The van der Waals surface area contributed by atoms with Gasteiger partial charge in [0.15, 0.2) is 16.8 Å². The van der Waals surface area contributed by atoms with E-state index in [0.29, 0.717) is 34.9 Å². The van der Waals surface area contributed by atoms with Crippen molar-refractivity contribution >= 4 is 34.2 Å². The highest BCUT2D eigenvalue weighted by Gasteiger charge is 2.16. The van der Waals surface area contributed by atoms with Crippen molar-refractivity contribution in [3.8, 4) is 17.3 Å². The molecule has 1 amide bonds. The molecule has 0 aliphatic rings. The van der Waals surface area contributed by atoms with Gasteiger partial charge in [0.2, 0.25) is 5.82 Å². The summed E-state index contributed by atoms with van der Waals surface area (Å²) in [6, 6.07) is 11.7. The molecule has 4 rings (SSSR count). The first-order valence-electron chi connectivity index (χ1n) is 11.5. The van der Waals surface area contributed by atoms with Crippen molar-refractivity contribution in [3.63, 3.8) is 0 Å². The fourth-order valence-electron chi connectivity index (χ4n) is 3.69. The summed E-state index contributed by atoms with van der Waals surface area (Å²) >= 11 is 5.69. The number of carbonyl (C=O) groups is 1. The molecule has 0 aliphatic carbocycles. The number of aromatic amines is 1. The topological polar surface area (TPSA) is 123 Å². The number of aromatic nitrogens is 4. The van der Waals surface area contributed by atoms with Gasteiger partial charge in [0, 0.05) is 17.5 Å². The molecule has 182 valence electrons. The number of ether oxygens (including phenoxy) is 1. The van der Waals surface area contributed by atoms with Crippen molar-refractivity contribution in [2.75, 3.05) is 17.8 Å². The van der Waals surface area contributed by atoms with Crippen LogP contribution in [0.1, 0.15) is 48.0 Å². The molecule has 0 atom stereocenters. The largest absolute Gasteiger partial charge is 0.494 e. The van der Waals surface area contributed by atoms with Crippen LogP contribution in [0, 0.1) is 6.92 Å². The van der Waals surface area contributed by atoms with Gasteiger partial charge >= 0.3 is 0 Å². The standard InChI is InChI=1S/C25H26ClN5O4/c1-16-13-19-21(32)15-22(24-28-30-31-29-24)35-23(19)20(14-16)27-25(33)17-7-9-18(10-8-17)34-12-6-4-2-3-5-11-26/h7-10,13-15H,2-6,11-12H2,1H3,(H,27,33)(H,28,29,30,31). The van der Waals surface area contributed by atoms with E-state index >= 15 is 0 Å². The lowest BCUT2D eigenvalue weighted by Crippen LogP contribution is -2.13. The number of rotatable bonds is 11. The number of amides is 1. The van der Waals surface area contributed by atoms with Gasteiger partial charge in [-0.2, -0.15) is 0 Å². The number of hydrogen-bond donors (Lipinski definition) is 2. The van der Waals surface area contributed by atoms with Gasteiger partial charge in [-0.25, -0.2) is 5.10 Å². The smallest absolute Gasteiger partial charge is 0.255 e. The van der Waals surface area contributed by atoms with Crippen LogP contribution >= 0.6 is 11.6 Å². The lowest BCUT2D eigenvalue weighted by molar-refractivity contribution is 0.102. The van der Waals surface area contributed by atoms with Gasteiger partial charge in [0.1, 0.15) is 5.75 Å². The molecule has 9 nitrogen and oxygen atoms in total. The third kappa shape index (κ3) is 6.24. The monoisotopic (exact) mass is 495 g/mol. The minimum absolute atomic E-state index is 0.174. The number of H-pyrrole nitrogens is 1. The number of nitrogens with one attached hydrogen (secondary N) is 2. The Morgan fingerprint density at radius 3 is 2.60 bits per heavy atom. The van der Waals surface area contributed by atoms with Crippen LogP contribution in [-0.2, 0) is 0 Å². The van der Waals surface area contributed by atoms with Crippen LogP contribution in [0.3, 0.4) is 0 Å². The molecule has 2 heterocycles. The van der Waals surface area contributed by atoms with E-state index in [0.717, 1.165) is 37.7 Å². The number of aryl methyl sites for hydroxylation is 1. The number of hydrogen-bond acceptors (Lipinski definition) is 7. The van der Waals surface area contributed by atoms with Gasteiger partial charge in [-0.1, -0.05) is 19.3 Å². The summed E-state index contributed by atoms with van der Waals surface area (Å²) in [5.74, 6) is 1.48. The van der Waals surface area contributed by atoms with Crippen LogP contribution in [-0.4, -0.2) is 39.0 Å². The van der Waals surface area contributed by atoms with Crippen LogP contribution < -0.4 is 15.5 Å². The Morgan fingerprint density at radius 1 is 1.09 bits per heavy atom. The Bertz CT molecular complexity index is 1340. The molecule has 0 radical (unpaired) electrons. The maximum absolute atomic E-state index is 12.9. The van der Waals surface area contributed by atoms with Crippen molar-refractivity contribution in [2.45, 2.75) is 39.0 Å². The van der Waals surface area contributed by atoms with Crippen LogP contribution in [0.25, 0.3) is 22.6 Å². The molecule has 0 saturated carbocycles. The van der Waals surface area contributed by atoms with Crippen LogP contribution in [0.4, 0.5) is 5.69 Å². The van der Waals surface area contributed by atoms with E-state index in [1.54, 1.807) is 36.4 Å². The van der Waals surface area contributed by atoms with Gasteiger partial charge in [0.25, 0.3) is 5.91 Å². The predicted octanol–water partition coefficient (Wildman–Crippen LogP) is 5.10. The summed E-state index contributed by atoms with van der Waals surface area (Å²) in [4.78, 5) is 25.6. The molecule has 0 unspecified atom stereocenters. The molecule has 0 aliphatic heterocycles. The van der Waals surface area contributed by atoms with Crippen LogP contribution in [0.5, 0.6) is 5.75 Å². The van der Waals surface area contributed by atoms with E-state index in [1.807, 2.05) is 6.92 Å². The molecule has 0 fully saturated rings. The second-order valence-electron chi connectivity index (χ2n) is 8.20. The molecule has 2 aromatic carbocycles. The molecule has 10 heteroatoms. The highest BCUT2D eigenvalue weighted by atomic mass is 35.5. The Labute approximate surface area is 206 Å². The Hall–Kier alpha value is -3.72. The number of tetrazole rings is 1. The number of benzene rings is 2. The Kier molecular flexibility index (Phi) is 8.10. The van der Waals surface area contributed by atoms with Crippen molar-refractivity contribution in [1.29, 1.82) is 0 Å². The van der Waals surface area contributed by atoms with Gasteiger partial charge in [-0.05, 0) is 72.2 Å². The maximum Gasteiger partial charge on any atom is 0.255 e. The highest BCUT2D eigenvalue weighted by molar-refractivity contribution is 6.17. The summed E-state index contributed by atoms with van der Waals surface area (Å²) in [7, 11) is 0. The van der Waals surface area contributed by atoms with Gasteiger partial charge in [-0.3, -0.25) is 9.59 Å². The third-order valence-corrected chi connectivity index (χ3v) is 5.73. The van der Waals surface area contributed by atoms with E-state index in [-0.39, 0.29) is 28.5 Å². The molecule has 0 bridgehead atoms. The molecule has 4 aromatic rings. The average Bonchev–Trinajstić information content (AvgIpc) is 3.39. The van der Waals surface area contributed by atoms with Gasteiger partial charge in [0.05, 0.1) is 17.7 Å². The van der Waals surface area contributed by atoms with Crippen LogP contribution in [0.2, 0.25) is 0 Å². The van der Waals surface area contributed by atoms with E-state index < -0.39 is 0 Å². The first-order chi connectivity index (χ1) is 17.0. The number of nitrogens with zero attached hydrogens (tertiary/aromatic N) is 3. The second-order valence-corrected chi connectivity index (χ2v) is 8.58. The fraction of sp³-hybridized carbons (Fsp3) is 0.320. The molecule has 0 spiro atoms. The molecular weight excluding hydrogens is 470 g/mol. The number of anilines is 1. The number of alkyl halides is 1. The summed E-state index contributed by atoms with van der Waals surface area (Å²) < 4.78 is 11.7. The first-order valence-corrected chi connectivity index (χ1v) is 12.0. The highest BCUT2D eigenvalue weighted by Crippen LogP contribution is 2.27. The third-order valence-electron chi connectivity index (χ3n) is 5.46. The molecule has 2 aromatic heterocycles. The lowest BCUT2D eigenvalue weighted by Gasteiger charge is -2.11. The Balaban J connectivity index is 1.45. The SMILES string of the molecule is Cc1cc(NC(=O)c2ccc(OCCCCCCCCl)cc2)c2oc(-c3nnn[nH]3)cc(=O)c2c1. The average molecular weight is 496 g/mol. The number of carbonyl (C=O) groups excluding carboxylic acids is 1. The first kappa shape index (κ1) is 24.4. The van der Waals surface area contributed by atoms with Gasteiger partial charge in [-0.15, -0.1) is 16.7 Å². The van der Waals surface area contributed by atoms with Crippen molar-refractivity contribution in [3.05, 3.63) is 63.8 Å². The lowest BCUT2D eigenvalue weighted by atomic mass is 10.1. The molecule has 0 saturated heterocycles. The molecular formula is C25H26ClN5O4.